The highest BCUT2D eigenvalue weighted by atomic mass is 16.6. The number of nitro benzene ring substituents is 1. The topological polar surface area (TPSA) is 78.6 Å². The first-order chi connectivity index (χ1) is 18.0. The van der Waals surface area contributed by atoms with Gasteiger partial charge in [-0.25, -0.2) is 4.98 Å². The number of hydrogen-bond donors (Lipinski definition) is 0. The van der Waals surface area contributed by atoms with Crippen molar-refractivity contribution in [1.29, 1.82) is 0 Å². The van der Waals surface area contributed by atoms with Crippen LogP contribution in [0.25, 0.3) is 12.2 Å². The van der Waals surface area contributed by atoms with Gasteiger partial charge >= 0.3 is 0 Å². The van der Waals surface area contributed by atoms with E-state index in [-0.39, 0.29) is 10.6 Å². The summed E-state index contributed by atoms with van der Waals surface area (Å²) in [6, 6.07) is 15.3. The van der Waals surface area contributed by atoms with Crippen molar-refractivity contribution in [3.63, 3.8) is 0 Å². The summed E-state index contributed by atoms with van der Waals surface area (Å²) in [7, 11) is 2.04. The number of piperazine rings is 1. The van der Waals surface area contributed by atoms with Crippen LogP contribution >= 0.6 is 0 Å². The molecular formula is C29H34N6O2. The van der Waals surface area contributed by atoms with Crippen LogP contribution in [0.15, 0.2) is 60.7 Å². The largest absolute Gasteiger partial charge is 0.362 e. The van der Waals surface area contributed by atoms with Crippen LogP contribution in [0.5, 0.6) is 0 Å². The van der Waals surface area contributed by atoms with Crippen LogP contribution in [0.1, 0.15) is 25.8 Å². The molecule has 0 radical (unpaired) electrons. The highest BCUT2D eigenvalue weighted by molar-refractivity contribution is 5.65. The number of aryl methyl sites for hydroxylation is 1. The van der Waals surface area contributed by atoms with Gasteiger partial charge in [-0.3, -0.25) is 10.1 Å². The summed E-state index contributed by atoms with van der Waals surface area (Å²) in [4.78, 5) is 27.5. The predicted molar refractivity (Wildman–Crippen MR) is 152 cm³/mol. The van der Waals surface area contributed by atoms with Gasteiger partial charge in [-0.05, 0) is 43.2 Å². The molecule has 8 nitrogen and oxygen atoms in total. The van der Waals surface area contributed by atoms with E-state index in [1.54, 1.807) is 12.1 Å². The van der Waals surface area contributed by atoms with Gasteiger partial charge in [0.25, 0.3) is 5.69 Å². The summed E-state index contributed by atoms with van der Waals surface area (Å²) in [5.74, 6) is 1.55. The second-order valence-corrected chi connectivity index (χ2v) is 8.80. The van der Waals surface area contributed by atoms with E-state index in [0.717, 1.165) is 28.5 Å². The van der Waals surface area contributed by atoms with Crippen molar-refractivity contribution >= 4 is 41.0 Å². The standard InChI is InChI=1S/C27H28N6O2.C2H6/c1-20-9-8-10-21(19-20)30(2)26-22-11-4-3-5-12-23(22)28-27(29-26)32-17-15-31(16-18-32)24-13-6-7-14-25(24)33(34)35;1-2/h3,5-14,19H,4,15-18H2,1-2H3;1-2H3. The van der Waals surface area contributed by atoms with E-state index in [1.165, 1.54) is 5.56 Å². The Balaban J connectivity index is 0.00000156. The fourth-order valence-corrected chi connectivity index (χ4v) is 4.60. The van der Waals surface area contributed by atoms with Gasteiger partial charge in [0.15, 0.2) is 0 Å². The average molecular weight is 499 g/mol. The van der Waals surface area contributed by atoms with Crippen LogP contribution < -0.4 is 25.3 Å². The summed E-state index contributed by atoms with van der Waals surface area (Å²) < 4.78 is 0. The van der Waals surface area contributed by atoms with Gasteiger partial charge in [0.1, 0.15) is 11.5 Å². The van der Waals surface area contributed by atoms with Crippen molar-refractivity contribution in [2.24, 2.45) is 0 Å². The van der Waals surface area contributed by atoms with E-state index in [0.29, 0.717) is 37.8 Å². The third-order valence-electron chi connectivity index (χ3n) is 6.48. The molecule has 37 heavy (non-hydrogen) atoms. The molecule has 0 spiro atoms. The van der Waals surface area contributed by atoms with Crippen molar-refractivity contribution in [2.45, 2.75) is 27.2 Å². The molecule has 5 rings (SSSR count). The Morgan fingerprint density at radius 3 is 2.43 bits per heavy atom. The molecule has 192 valence electrons. The lowest BCUT2D eigenvalue weighted by atomic mass is 10.2. The zero-order valence-corrected chi connectivity index (χ0v) is 22.0. The lowest BCUT2D eigenvalue weighted by Gasteiger charge is -2.36. The molecule has 1 aliphatic carbocycles. The van der Waals surface area contributed by atoms with Crippen molar-refractivity contribution in [3.05, 3.63) is 86.9 Å². The fraction of sp³-hybridized carbons (Fsp3) is 0.310. The maximum absolute atomic E-state index is 11.5. The number of rotatable bonds is 5. The van der Waals surface area contributed by atoms with E-state index in [1.807, 2.05) is 45.2 Å². The molecule has 1 aliphatic heterocycles. The van der Waals surface area contributed by atoms with Gasteiger partial charge in [-0.2, -0.15) is 4.98 Å². The molecule has 0 amide bonds. The number of benzene rings is 2. The second-order valence-electron chi connectivity index (χ2n) is 8.80. The minimum Gasteiger partial charge on any atom is -0.362 e. The molecule has 1 saturated heterocycles. The zero-order valence-electron chi connectivity index (χ0n) is 22.0. The first-order valence-electron chi connectivity index (χ1n) is 12.8. The molecule has 1 aromatic heterocycles. The lowest BCUT2D eigenvalue weighted by molar-refractivity contribution is -0.384. The summed E-state index contributed by atoms with van der Waals surface area (Å²) in [6.07, 6.45) is 9.20. The SMILES string of the molecule is CC.Cc1cccc(N(C)c2nc(N3CCN(c4ccccc4[N+](=O)[O-])CC3)nc3c2=CCC=CC=3)c1. The quantitative estimate of drug-likeness (QED) is 0.383. The molecular weight excluding hydrogens is 464 g/mol. The Bertz CT molecular complexity index is 1410. The molecule has 0 saturated carbocycles. The minimum atomic E-state index is -0.315. The first kappa shape index (κ1) is 25.9. The normalized spacial score (nSPS) is 14.4. The van der Waals surface area contributed by atoms with Crippen molar-refractivity contribution in [3.8, 4) is 0 Å². The maximum Gasteiger partial charge on any atom is 0.292 e. The summed E-state index contributed by atoms with van der Waals surface area (Å²) >= 11 is 0. The molecule has 0 bridgehead atoms. The fourth-order valence-electron chi connectivity index (χ4n) is 4.60. The van der Waals surface area contributed by atoms with E-state index >= 15 is 0 Å². The second kappa shape index (κ2) is 11.7. The first-order valence-corrected chi connectivity index (χ1v) is 12.8. The van der Waals surface area contributed by atoms with E-state index in [4.69, 9.17) is 9.97 Å². The Morgan fingerprint density at radius 1 is 0.973 bits per heavy atom. The van der Waals surface area contributed by atoms with Crippen molar-refractivity contribution in [2.75, 3.05) is 47.9 Å². The van der Waals surface area contributed by atoms with Crippen LogP contribution in [0.3, 0.4) is 0 Å². The van der Waals surface area contributed by atoms with Crippen LogP contribution in [0.2, 0.25) is 0 Å². The number of hydrogen-bond acceptors (Lipinski definition) is 7. The molecule has 2 heterocycles. The van der Waals surface area contributed by atoms with Gasteiger partial charge < -0.3 is 14.7 Å². The molecule has 2 aromatic carbocycles. The number of nitrogens with zero attached hydrogens (tertiary/aromatic N) is 6. The van der Waals surface area contributed by atoms with Gasteiger partial charge in [-0.1, -0.05) is 56.3 Å². The number of fused-ring (bicyclic) bond motifs is 1. The third kappa shape index (κ3) is 5.63. The Morgan fingerprint density at radius 2 is 1.70 bits per heavy atom. The molecule has 2 aliphatic rings. The summed E-state index contributed by atoms with van der Waals surface area (Å²) in [6.45, 7) is 8.76. The van der Waals surface area contributed by atoms with Gasteiger partial charge in [-0.15, -0.1) is 0 Å². The van der Waals surface area contributed by atoms with Crippen molar-refractivity contribution < 1.29 is 4.92 Å². The van der Waals surface area contributed by atoms with E-state index in [2.05, 4.69) is 58.0 Å². The number of anilines is 4. The van der Waals surface area contributed by atoms with Crippen LogP contribution in [-0.4, -0.2) is 48.1 Å². The lowest BCUT2D eigenvalue weighted by Crippen LogP contribution is -2.48. The predicted octanol–water partition coefficient (Wildman–Crippen LogP) is 4.33. The molecule has 0 unspecified atom stereocenters. The molecule has 3 aromatic rings. The minimum absolute atomic E-state index is 0.140. The maximum atomic E-state index is 11.5. The van der Waals surface area contributed by atoms with Crippen LogP contribution in [0, 0.1) is 17.0 Å². The smallest absolute Gasteiger partial charge is 0.292 e. The zero-order chi connectivity index (χ0) is 26.4. The van der Waals surface area contributed by atoms with E-state index in [9.17, 15) is 10.1 Å². The molecule has 8 heteroatoms. The summed E-state index contributed by atoms with van der Waals surface area (Å²) in [5.41, 5.74) is 3.07. The monoisotopic (exact) mass is 498 g/mol. The number of nitro groups is 1. The summed E-state index contributed by atoms with van der Waals surface area (Å²) in [5, 5.41) is 13.4. The van der Waals surface area contributed by atoms with Gasteiger partial charge in [0, 0.05) is 50.2 Å². The number of aromatic nitrogens is 2. The number of para-hydroxylation sites is 2. The Labute approximate surface area is 218 Å². The Hall–Kier alpha value is -4.20. The molecule has 0 N–H and O–H groups in total. The number of allylic oxidation sites excluding steroid dienone is 2. The van der Waals surface area contributed by atoms with Gasteiger partial charge in [0.2, 0.25) is 5.95 Å². The highest BCUT2D eigenvalue weighted by Crippen LogP contribution is 2.29. The average Bonchev–Trinajstić information content (AvgIpc) is 3.19. The van der Waals surface area contributed by atoms with Gasteiger partial charge in [0.05, 0.1) is 10.3 Å². The third-order valence-corrected chi connectivity index (χ3v) is 6.48. The van der Waals surface area contributed by atoms with Crippen LogP contribution in [0.4, 0.5) is 28.8 Å². The van der Waals surface area contributed by atoms with Crippen molar-refractivity contribution in [1.82, 2.24) is 9.97 Å². The van der Waals surface area contributed by atoms with E-state index < -0.39 is 0 Å². The molecule has 0 atom stereocenters. The highest BCUT2D eigenvalue weighted by Gasteiger charge is 2.25. The Kier molecular flexibility index (Phi) is 8.18. The van der Waals surface area contributed by atoms with Crippen LogP contribution in [-0.2, 0) is 0 Å². The molecule has 1 fully saturated rings.